The smallest absolute Gasteiger partial charge is 0.284 e. The third kappa shape index (κ3) is 5.44. The second-order valence-corrected chi connectivity index (χ2v) is 11.1. The third-order valence-corrected chi connectivity index (χ3v) is 8.05. The minimum atomic E-state index is -0.512. The molecular weight excluding hydrogens is 544 g/mol. The lowest BCUT2D eigenvalue weighted by Crippen LogP contribution is -2.31. The summed E-state index contributed by atoms with van der Waals surface area (Å²) in [6, 6.07) is 11.3. The minimum Gasteiger partial charge on any atom is -0.382 e. The van der Waals surface area contributed by atoms with Gasteiger partial charge in [-0.25, -0.2) is 14.6 Å². The first-order valence-corrected chi connectivity index (χ1v) is 14.2. The summed E-state index contributed by atoms with van der Waals surface area (Å²) in [6.07, 6.45) is 9.05. The topological polar surface area (TPSA) is 142 Å². The van der Waals surface area contributed by atoms with Gasteiger partial charge in [-0.1, -0.05) is 12.1 Å². The van der Waals surface area contributed by atoms with E-state index in [2.05, 4.69) is 32.3 Å². The number of pyridine rings is 1. The van der Waals surface area contributed by atoms with Crippen molar-refractivity contribution in [1.29, 1.82) is 0 Å². The summed E-state index contributed by atoms with van der Waals surface area (Å²) in [4.78, 5) is 42.5. The average Bonchev–Trinajstić information content (AvgIpc) is 3.57. The molecule has 1 aliphatic rings. The maximum atomic E-state index is 13.3. The molecule has 4 aromatic heterocycles. The van der Waals surface area contributed by atoms with Gasteiger partial charge in [-0.3, -0.25) is 23.9 Å². The number of hydrogen-bond donors (Lipinski definition) is 2. The van der Waals surface area contributed by atoms with Gasteiger partial charge in [-0.15, -0.1) is 0 Å². The Hall–Kier alpha value is -5.10. The molecule has 12 heteroatoms. The van der Waals surface area contributed by atoms with E-state index in [0.29, 0.717) is 40.2 Å². The molecule has 1 aromatic carbocycles. The number of nitrogens with zero attached hydrogens (tertiary/aromatic N) is 8. The van der Waals surface area contributed by atoms with Gasteiger partial charge in [0.25, 0.3) is 11.5 Å². The molecule has 1 saturated heterocycles. The zero-order chi connectivity index (χ0) is 30.2. The highest BCUT2D eigenvalue weighted by molar-refractivity contribution is 6.04. The molecule has 0 spiro atoms. The molecular formula is C31H34N10O2. The van der Waals surface area contributed by atoms with Crippen LogP contribution in [-0.2, 0) is 7.05 Å². The molecule has 0 unspecified atom stereocenters. The number of aryl methyl sites for hydroxylation is 1. The Bertz CT molecular complexity index is 1860. The second kappa shape index (κ2) is 11.3. The SMILES string of the molecule is Cc1cccc(-n2c(=O)c(C(=O)Nc3ccc(-c4nc(-c5cnn(C6CCN(C)CC6)c5)cnc4N)nc3)c(C)n2C)c1. The highest BCUT2D eigenvalue weighted by atomic mass is 16.2. The van der Waals surface area contributed by atoms with Crippen molar-refractivity contribution < 1.29 is 4.79 Å². The highest BCUT2D eigenvalue weighted by Gasteiger charge is 2.23. The maximum Gasteiger partial charge on any atom is 0.284 e. The number of nitrogens with two attached hydrogens (primary N) is 1. The third-order valence-electron chi connectivity index (χ3n) is 8.05. The molecule has 0 aliphatic carbocycles. The predicted octanol–water partition coefficient (Wildman–Crippen LogP) is 3.61. The summed E-state index contributed by atoms with van der Waals surface area (Å²) in [5.74, 6) is -0.269. The van der Waals surface area contributed by atoms with E-state index in [-0.39, 0.29) is 11.4 Å². The molecule has 0 bridgehead atoms. The van der Waals surface area contributed by atoms with Crippen LogP contribution in [0.2, 0.25) is 0 Å². The maximum absolute atomic E-state index is 13.3. The summed E-state index contributed by atoms with van der Waals surface area (Å²) in [5.41, 5.74) is 11.0. The van der Waals surface area contributed by atoms with Crippen LogP contribution in [0, 0.1) is 13.8 Å². The van der Waals surface area contributed by atoms with Gasteiger partial charge < -0.3 is 16.0 Å². The van der Waals surface area contributed by atoms with Crippen molar-refractivity contribution in [2.75, 3.05) is 31.2 Å². The number of piperidine rings is 1. The number of benzene rings is 1. The summed E-state index contributed by atoms with van der Waals surface area (Å²) < 4.78 is 5.18. The van der Waals surface area contributed by atoms with Crippen molar-refractivity contribution >= 4 is 17.4 Å². The molecule has 5 aromatic rings. The van der Waals surface area contributed by atoms with E-state index in [1.807, 2.05) is 42.1 Å². The average molecular weight is 579 g/mol. The Kier molecular flexibility index (Phi) is 7.36. The summed E-state index contributed by atoms with van der Waals surface area (Å²) in [7, 11) is 3.89. The zero-order valence-electron chi connectivity index (χ0n) is 24.7. The number of anilines is 2. The fraction of sp³-hybridized carbons (Fsp3) is 0.290. The molecule has 1 amide bonds. The molecule has 1 aliphatic heterocycles. The Morgan fingerprint density at radius 3 is 2.51 bits per heavy atom. The Morgan fingerprint density at radius 2 is 1.79 bits per heavy atom. The first kappa shape index (κ1) is 28.0. The van der Waals surface area contributed by atoms with Crippen molar-refractivity contribution in [3.05, 3.63) is 88.4 Å². The van der Waals surface area contributed by atoms with Crippen molar-refractivity contribution in [1.82, 2.24) is 39.0 Å². The van der Waals surface area contributed by atoms with Gasteiger partial charge in [0.1, 0.15) is 11.3 Å². The van der Waals surface area contributed by atoms with Gasteiger partial charge in [-0.05, 0) is 76.7 Å². The quantitative estimate of drug-likeness (QED) is 0.311. The van der Waals surface area contributed by atoms with E-state index in [4.69, 9.17) is 10.7 Å². The molecule has 0 saturated carbocycles. The van der Waals surface area contributed by atoms with Crippen molar-refractivity contribution in [2.45, 2.75) is 32.7 Å². The zero-order valence-corrected chi connectivity index (χ0v) is 24.7. The van der Waals surface area contributed by atoms with Gasteiger partial charge in [0.05, 0.1) is 53.1 Å². The van der Waals surface area contributed by atoms with Gasteiger partial charge >= 0.3 is 0 Å². The van der Waals surface area contributed by atoms with E-state index < -0.39 is 11.5 Å². The lowest BCUT2D eigenvalue weighted by molar-refractivity contribution is 0.102. The lowest BCUT2D eigenvalue weighted by Gasteiger charge is -2.28. The second-order valence-electron chi connectivity index (χ2n) is 11.1. The van der Waals surface area contributed by atoms with Crippen LogP contribution in [0.4, 0.5) is 11.5 Å². The molecule has 3 N–H and O–H groups in total. The van der Waals surface area contributed by atoms with Crippen LogP contribution in [0.3, 0.4) is 0 Å². The van der Waals surface area contributed by atoms with Gasteiger partial charge in [-0.2, -0.15) is 5.10 Å². The van der Waals surface area contributed by atoms with Crippen LogP contribution >= 0.6 is 0 Å². The Morgan fingerprint density at radius 1 is 1.00 bits per heavy atom. The van der Waals surface area contributed by atoms with E-state index in [9.17, 15) is 9.59 Å². The number of hydrogen-bond acceptors (Lipinski definition) is 8. The molecule has 1 fully saturated rings. The first-order chi connectivity index (χ1) is 20.7. The van der Waals surface area contributed by atoms with Gasteiger partial charge in [0, 0.05) is 18.8 Å². The van der Waals surface area contributed by atoms with Crippen LogP contribution < -0.4 is 16.6 Å². The number of carbonyl (C=O) groups is 1. The molecule has 6 rings (SSSR count). The standard InChI is InChI=1S/C31H34N10O2/c1-19-6-5-7-24(14-19)41-31(43)27(20(2)39(41)4)30(42)36-22-8-9-25(33-16-22)28-29(32)34-17-26(37-28)21-15-35-40(18-21)23-10-12-38(3)13-11-23/h5-9,14-18,23H,10-13H2,1-4H3,(H2,32,34)(H,36,42). The monoisotopic (exact) mass is 578 g/mol. The minimum absolute atomic E-state index is 0.0664. The first-order valence-electron chi connectivity index (χ1n) is 14.2. The van der Waals surface area contributed by atoms with Crippen molar-refractivity contribution in [3.8, 4) is 28.3 Å². The molecule has 5 heterocycles. The summed E-state index contributed by atoms with van der Waals surface area (Å²) in [5, 5.41) is 7.39. The number of aromatic nitrogens is 7. The Labute approximate surface area is 248 Å². The molecule has 0 atom stereocenters. The van der Waals surface area contributed by atoms with Crippen molar-refractivity contribution in [3.63, 3.8) is 0 Å². The van der Waals surface area contributed by atoms with Crippen LogP contribution in [-0.4, -0.2) is 65.0 Å². The van der Waals surface area contributed by atoms with Gasteiger partial charge in [0.2, 0.25) is 0 Å². The van der Waals surface area contributed by atoms with Crippen LogP contribution in [0.1, 0.15) is 40.5 Å². The summed E-state index contributed by atoms with van der Waals surface area (Å²) in [6.45, 7) is 5.79. The van der Waals surface area contributed by atoms with E-state index in [1.165, 1.54) is 10.9 Å². The van der Waals surface area contributed by atoms with Crippen molar-refractivity contribution in [2.24, 2.45) is 7.05 Å². The molecule has 220 valence electrons. The predicted molar refractivity (Wildman–Crippen MR) is 165 cm³/mol. The fourth-order valence-corrected chi connectivity index (χ4v) is 5.48. The van der Waals surface area contributed by atoms with Crippen LogP contribution in [0.25, 0.3) is 28.3 Å². The summed E-state index contributed by atoms with van der Waals surface area (Å²) >= 11 is 0. The highest BCUT2D eigenvalue weighted by Crippen LogP contribution is 2.27. The van der Waals surface area contributed by atoms with E-state index in [1.54, 1.807) is 43.2 Å². The number of rotatable bonds is 6. The number of nitrogens with one attached hydrogen (secondary N) is 1. The Balaban J connectivity index is 1.21. The van der Waals surface area contributed by atoms with Crippen LogP contribution in [0.5, 0.6) is 0 Å². The molecule has 43 heavy (non-hydrogen) atoms. The van der Waals surface area contributed by atoms with E-state index in [0.717, 1.165) is 37.1 Å². The fourth-order valence-electron chi connectivity index (χ4n) is 5.48. The number of likely N-dealkylation sites (tertiary alicyclic amines) is 1. The molecule has 12 nitrogen and oxygen atoms in total. The number of amides is 1. The van der Waals surface area contributed by atoms with E-state index >= 15 is 0 Å². The number of nitrogen functional groups attached to an aromatic ring is 1. The largest absolute Gasteiger partial charge is 0.382 e. The van der Waals surface area contributed by atoms with Crippen LogP contribution in [0.15, 0.2) is 66.0 Å². The van der Waals surface area contributed by atoms with Gasteiger partial charge in [0.15, 0.2) is 5.82 Å². The molecule has 0 radical (unpaired) electrons. The normalized spacial score (nSPS) is 14.2. The number of carbonyl (C=O) groups excluding carboxylic acids is 1. The lowest BCUT2D eigenvalue weighted by atomic mass is 10.1.